The summed E-state index contributed by atoms with van der Waals surface area (Å²) < 4.78 is 10.6. The van der Waals surface area contributed by atoms with Gasteiger partial charge < -0.3 is 14.8 Å². The van der Waals surface area contributed by atoms with Gasteiger partial charge in [0.2, 0.25) is 0 Å². The first-order chi connectivity index (χ1) is 9.13. The first-order valence-electron chi connectivity index (χ1n) is 5.79. The lowest BCUT2D eigenvalue weighted by molar-refractivity contribution is -0.115. The highest BCUT2D eigenvalue weighted by Crippen LogP contribution is 2.28. The number of imide groups is 1. The highest BCUT2D eigenvalue weighted by Gasteiger charge is 2.22. The van der Waals surface area contributed by atoms with Gasteiger partial charge in [0.15, 0.2) is 11.5 Å². The molecule has 100 valence electrons. The first kappa shape index (κ1) is 12.9. The molecule has 19 heavy (non-hydrogen) atoms. The number of rotatable bonds is 4. The zero-order chi connectivity index (χ0) is 13.8. The highest BCUT2D eigenvalue weighted by atomic mass is 16.5. The monoisotopic (exact) mass is 262 g/mol. The average molecular weight is 262 g/mol. The van der Waals surface area contributed by atoms with E-state index in [0.717, 1.165) is 5.56 Å². The third-order valence-electron chi connectivity index (χ3n) is 2.52. The van der Waals surface area contributed by atoms with Gasteiger partial charge >= 0.3 is 6.03 Å². The minimum atomic E-state index is -0.519. The van der Waals surface area contributed by atoms with Crippen LogP contribution in [-0.4, -0.2) is 25.7 Å². The van der Waals surface area contributed by atoms with Crippen LogP contribution < -0.4 is 20.1 Å². The van der Waals surface area contributed by atoms with Crippen LogP contribution in [-0.2, 0) is 4.79 Å². The van der Waals surface area contributed by atoms with E-state index in [4.69, 9.17) is 9.47 Å². The summed E-state index contributed by atoms with van der Waals surface area (Å²) in [6.45, 7) is 2.38. The summed E-state index contributed by atoms with van der Waals surface area (Å²) in [5.41, 5.74) is 0.939. The Labute approximate surface area is 110 Å². The second-order valence-electron chi connectivity index (χ2n) is 3.81. The van der Waals surface area contributed by atoms with Crippen molar-refractivity contribution in [2.45, 2.75) is 6.92 Å². The summed E-state index contributed by atoms with van der Waals surface area (Å²) in [7, 11) is 1.56. The van der Waals surface area contributed by atoms with Gasteiger partial charge in [-0.15, -0.1) is 0 Å². The molecule has 2 rings (SSSR count). The maximum absolute atomic E-state index is 11.4. The Kier molecular flexibility index (Phi) is 3.70. The van der Waals surface area contributed by atoms with E-state index in [2.05, 4.69) is 10.6 Å². The summed E-state index contributed by atoms with van der Waals surface area (Å²) in [5, 5.41) is 4.56. The van der Waals surface area contributed by atoms with Crippen molar-refractivity contribution in [2.24, 2.45) is 0 Å². The fraction of sp³-hybridized carbons (Fsp3) is 0.231. The van der Waals surface area contributed by atoms with Crippen molar-refractivity contribution < 1.29 is 19.1 Å². The number of benzene rings is 1. The largest absolute Gasteiger partial charge is 0.493 e. The van der Waals surface area contributed by atoms with Crippen molar-refractivity contribution in [3.63, 3.8) is 0 Å². The molecule has 0 radical (unpaired) electrons. The number of nitrogens with one attached hydrogen (secondary N) is 2. The van der Waals surface area contributed by atoms with Crippen LogP contribution in [0.25, 0.3) is 6.08 Å². The zero-order valence-corrected chi connectivity index (χ0v) is 10.6. The van der Waals surface area contributed by atoms with Crippen molar-refractivity contribution in [3.05, 3.63) is 29.5 Å². The minimum Gasteiger partial charge on any atom is -0.493 e. The molecule has 0 aliphatic carbocycles. The van der Waals surface area contributed by atoms with Gasteiger partial charge in [-0.25, -0.2) is 4.79 Å². The average Bonchev–Trinajstić information content (AvgIpc) is 2.69. The molecule has 0 bridgehead atoms. The van der Waals surface area contributed by atoms with Crippen LogP contribution in [0.4, 0.5) is 4.79 Å². The number of methoxy groups -OCH3 is 1. The SMILES string of the molecule is CCOc1cc(/C=C2\NC(=O)NC2=O)ccc1OC. The third kappa shape index (κ3) is 2.85. The molecule has 0 atom stereocenters. The van der Waals surface area contributed by atoms with Crippen molar-refractivity contribution in [3.8, 4) is 11.5 Å². The molecule has 1 saturated heterocycles. The lowest BCUT2D eigenvalue weighted by atomic mass is 10.1. The molecule has 1 aliphatic rings. The van der Waals surface area contributed by atoms with Crippen molar-refractivity contribution >= 4 is 18.0 Å². The molecular weight excluding hydrogens is 248 g/mol. The molecule has 1 aliphatic heterocycles. The number of hydrogen-bond acceptors (Lipinski definition) is 4. The Hall–Kier alpha value is -2.50. The number of amides is 3. The Morgan fingerprint density at radius 3 is 2.58 bits per heavy atom. The fourth-order valence-electron chi connectivity index (χ4n) is 1.70. The van der Waals surface area contributed by atoms with E-state index in [1.807, 2.05) is 6.92 Å². The van der Waals surface area contributed by atoms with Gasteiger partial charge in [0.05, 0.1) is 13.7 Å². The number of hydrogen-bond donors (Lipinski definition) is 2. The number of urea groups is 1. The summed E-state index contributed by atoms with van der Waals surface area (Å²) in [4.78, 5) is 22.4. The molecule has 1 fully saturated rings. The quantitative estimate of drug-likeness (QED) is 0.633. The second kappa shape index (κ2) is 5.43. The van der Waals surface area contributed by atoms with Crippen LogP contribution in [0.5, 0.6) is 11.5 Å². The molecule has 1 heterocycles. The fourth-order valence-corrected chi connectivity index (χ4v) is 1.70. The van der Waals surface area contributed by atoms with E-state index in [1.54, 1.807) is 31.4 Å². The van der Waals surface area contributed by atoms with Gasteiger partial charge in [-0.2, -0.15) is 0 Å². The molecule has 0 aromatic heterocycles. The highest BCUT2D eigenvalue weighted by molar-refractivity contribution is 6.13. The minimum absolute atomic E-state index is 0.206. The molecule has 0 saturated carbocycles. The number of carbonyl (C=O) groups excluding carboxylic acids is 2. The number of carbonyl (C=O) groups is 2. The Balaban J connectivity index is 2.31. The van der Waals surface area contributed by atoms with E-state index >= 15 is 0 Å². The standard InChI is InChI=1S/C13H14N2O4/c1-3-19-11-7-8(4-5-10(11)18-2)6-9-12(16)15-13(17)14-9/h4-7H,3H2,1-2H3,(H2,14,15,16,17)/b9-6-. The van der Waals surface area contributed by atoms with Crippen molar-refractivity contribution in [1.82, 2.24) is 10.6 Å². The lowest BCUT2D eigenvalue weighted by Gasteiger charge is -2.09. The van der Waals surface area contributed by atoms with Gasteiger partial charge in [0, 0.05) is 0 Å². The van der Waals surface area contributed by atoms with Crippen LogP contribution >= 0.6 is 0 Å². The smallest absolute Gasteiger partial charge is 0.326 e. The van der Waals surface area contributed by atoms with Crippen LogP contribution in [0.1, 0.15) is 12.5 Å². The van der Waals surface area contributed by atoms with Gasteiger partial charge in [-0.3, -0.25) is 10.1 Å². The molecular formula is C13H14N2O4. The maximum Gasteiger partial charge on any atom is 0.326 e. The second-order valence-corrected chi connectivity index (χ2v) is 3.81. The summed E-state index contributed by atoms with van der Waals surface area (Å²) in [5.74, 6) is 0.756. The lowest BCUT2D eigenvalue weighted by Crippen LogP contribution is -2.22. The van der Waals surface area contributed by atoms with Gasteiger partial charge in [-0.1, -0.05) is 6.07 Å². The van der Waals surface area contributed by atoms with Gasteiger partial charge in [0.1, 0.15) is 5.70 Å². The molecule has 3 amide bonds. The zero-order valence-electron chi connectivity index (χ0n) is 10.6. The van der Waals surface area contributed by atoms with Gasteiger partial charge in [-0.05, 0) is 30.7 Å². The maximum atomic E-state index is 11.4. The van der Waals surface area contributed by atoms with E-state index in [0.29, 0.717) is 18.1 Å². The Morgan fingerprint density at radius 1 is 1.21 bits per heavy atom. The first-order valence-corrected chi connectivity index (χ1v) is 5.79. The van der Waals surface area contributed by atoms with Gasteiger partial charge in [0.25, 0.3) is 5.91 Å². The topological polar surface area (TPSA) is 76.7 Å². The molecule has 6 heteroatoms. The molecule has 0 spiro atoms. The van der Waals surface area contributed by atoms with E-state index in [1.165, 1.54) is 0 Å². The van der Waals surface area contributed by atoms with E-state index in [9.17, 15) is 9.59 Å². The summed E-state index contributed by atoms with van der Waals surface area (Å²) in [6.07, 6.45) is 1.57. The van der Waals surface area contributed by atoms with Crippen LogP contribution in [0, 0.1) is 0 Å². The normalized spacial score (nSPS) is 16.2. The Bertz CT molecular complexity index is 552. The van der Waals surface area contributed by atoms with Crippen LogP contribution in [0.15, 0.2) is 23.9 Å². The molecule has 1 aromatic carbocycles. The molecule has 1 aromatic rings. The van der Waals surface area contributed by atoms with E-state index < -0.39 is 11.9 Å². The summed E-state index contributed by atoms with van der Waals surface area (Å²) in [6, 6.07) is 4.74. The third-order valence-corrected chi connectivity index (χ3v) is 2.52. The Morgan fingerprint density at radius 2 is 2.00 bits per heavy atom. The van der Waals surface area contributed by atoms with Crippen molar-refractivity contribution in [1.29, 1.82) is 0 Å². The predicted octanol–water partition coefficient (Wildman–Crippen LogP) is 1.27. The van der Waals surface area contributed by atoms with E-state index in [-0.39, 0.29) is 5.70 Å². The predicted molar refractivity (Wildman–Crippen MR) is 68.8 cm³/mol. The van der Waals surface area contributed by atoms with Crippen LogP contribution in [0.2, 0.25) is 0 Å². The molecule has 2 N–H and O–H groups in total. The molecule has 6 nitrogen and oxygen atoms in total. The van der Waals surface area contributed by atoms with Crippen LogP contribution in [0.3, 0.4) is 0 Å². The number of ether oxygens (including phenoxy) is 2. The van der Waals surface area contributed by atoms with Crippen molar-refractivity contribution in [2.75, 3.05) is 13.7 Å². The summed E-state index contributed by atoms with van der Waals surface area (Å²) >= 11 is 0. The molecule has 0 unspecified atom stereocenters.